The maximum Gasteiger partial charge on any atom is 0.318 e. The number of carbonyl (C=O) groups excluding carboxylic acids is 1. The third-order valence-electron chi connectivity index (χ3n) is 6.74. The van der Waals surface area contributed by atoms with E-state index in [0.29, 0.717) is 37.8 Å². The highest BCUT2D eigenvalue weighted by Crippen LogP contribution is 2.24. The fourth-order valence-corrected chi connectivity index (χ4v) is 4.84. The number of nitrogens with one attached hydrogen (secondary N) is 2. The summed E-state index contributed by atoms with van der Waals surface area (Å²) < 4.78 is 25.1. The first kappa shape index (κ1) is 23.3. The lowest BCUT2D eigenvalue weighted by Gasteiger charge is -2.30. The minimum Gasteiger partial charge on any atom is -0.487 e. The quantitative estimate of drug-likeness (QED) is 0.671. The molecule has 0 bridgehead atoms. The smallest absolute Gasteiger partial charge is 0.318 e. The van der Waals surface area contributed by atoms with E-state index < -0.39 is 5.82 Å². The van der Waals surface area contributed by atoms with Crippen LogP contribution in [0.3, 0.4) is 0 Å². The van der Waals surface area contributed by atoms with Crippen LogP contribution in [0, 0.1) is 11.7 Å². The number of ether oxygens (including phenoxy) is 2. The maximum atomic E-state index is 13.8. The normalized spacial score (nSPS) is 22.9. The zero-order valence-electron chi connectivity index (χ0n) is 18.9. The number of benzene rings is 1. The highest BCUT2D eigenvalue weighted by atomic mass is 35.5. The summed E-state index contributed by atoms with van der Waals surface area (Å²) in [5.41, 5.74) is 2.03. The molecule has 0 spiro atoms. The molecule has 2 atom stereocenters. The van der Waals surface area contributed by atoms with E-state index in [-0.39, 0.29) is 23.2 Å². The van der Waals surface area contributed by atoms with Crippen LogP contribution >= 0.6 is 11.6 Å². The summed E-state index contributed by atoms with van der Waals surface area (Å²) in [5.74, 6) is 1.25. The molecule has 1 aromatic carbocycles. The van der Waals surface area contributed by atoms with E-state index >= 15 is 0 Å². The van der Waals surface area contributed by atoms with Crippen molar-refractivity contribution in [3.8, 4) is 5.75 Å². The number of carbonyl (C=O) groups is 1. The number of amides is 2. The van der Waals surface area contributed by atoms with Crippen LogP contribution in [0.1, 0.15) is 29.9 Å². The van der Waals surface area contributed by atoms with Gasteiger partial charge in [-0.1, -0.05) is 11.6 Å². The molecule has 34 heavy (non-hydrogen) atoms. The van der Waals surface area contributed by atoms with E-state index in [9.17, 15) is 9.18 Å². The molecule has 8 nitrogen and oxygen atoms in total. The Labute approximate surface area is 203 Å². The largest absolute Gasteiger partial charge is 0.487 e. The lowest BCUT2D eigenvalue weighted by molar-refractivity contribution is 0.0659. The number of hydrogen-bond donors (Lipinski definition) is 2. The van der Waals surface area contributed by atoms with Gasteiger partial charge < -0.3 is 25.0 Å². The average Bonchev–Trinajstić information content (AvgIpc) is 3.28. The Kier molecular flexibility index (Phi) is 7.12. The van der Waals surface area contributed by atoms with E-state index in [0.717, 1.165) is 56.0 Å². The van der Waals surface area contributed by atoms with Gasteiger partial charge >= 0.3 is 6.03 Å². The maximum absolute atomic E-state index is 13.8. The van der Waals surface area contributed by atoms with E-state index in [4.69, 9.17) is 26.1 Å². The molecule has 1 aromatic heterocycles. The standard InChI is InChI=1S/C24H29ClFN5O3/c25-18-2-1-17(10-19(18)26)34-22-13-27-12-20(22)30-24(32)31-6-3-16-11-28-23(29-21(16)14-31)9-15-4-7-33-8-5-15/h1-2,10-11,15,20,22,27H,3-9,12-14H2,(H,30,32)/t20-,22-/m0/s1. The molecule has 5 rings (SSSR count). The average molecular weight is 490 g/mol. The van der Waals surface area contributed by atoms with Gasteiger partial charge in [0.1, 0.15) is 23.5 Å². The molecule has 2 aromatic rings. The Balaban J connectivity index is 1.19. The van der Waals surface area contributed by atoms with E-state index in [1.165, 1.54) is 12.1 Å². The molecule has 0 radical (unpaired) electrons. The minimum atomic E-state index is -0.532. The van der Waals surface area contributed by atoms with Gasteiger partial charge in [0.25, 0.3) is 0 Å². The van der Waals surface area contributed by atoms with Crippen LogP contribution in [0.5, 0.6) is 5.75 Å². The van der Waals surface area contributed by atoms with Gasteiger partial charge in [0, 0.05) is 51.5 Å². The van der Waals surface area contributed by atoms with Gasteiger partial charge in [0.15, 0.2) is 0 Å². The SMILES string of the molecule is O=C(N[C@H]1CNC[C@@H]1Oc1ccc(Cl)c(F)c1)N1CCc2cnc(CC3CCOCC3)nc2C1. The van der Waals surface area contributed by atoms with E-state index in [2.05, 4.69) is 15.6 Å². The lowest BCUT2D eigenvalue weighted by atomic mass is 9.96. The molecule has 3 aliphatic heterocycles. The van der Waals surface area contributed by atoms with Crippen molar-refractivity contribution in [1.29, 1.82) is 0 Å². The predicted octanol–water partition coefficient (Wildman–Crippen LogP) is 2.73. The van der Waals surface area contributed by atoms with Gasteiger partial charge in [-0.3, -0.25) is 0 Å². The van der Waals surface area contributed by atoms with Crippen LogP contribution in [-0.4, -0.2) is 65.9 Å². The van der Waals surface area contributed by atoms with Crippen molar-refractivity contribution < 1.29 is 18.7 Å². The summed E-state index contributed by atoms with van der Waals surface area (Å²) in [7, 11) is 0. The Bertz CT molecular complexity index is 1040. The first-order valence-electron chi connectivity index (χ1n) is 11.8. The lowest BCUT2D eigenvalue weighted by Crippen LogP contribution is -2.51. The first-order chi connectivity index (χ1) is 16.5. The zero-order valence-corrected chi connectivity index (χ0v) is 19.7. The number of fused-ring (bicyclic) bond motifs is 1. The summed E-state index contributed by atoms with van der Waals surface area (Å²) in [6, 6.07) is 3.97. The minimum absolute atomic E-state index is 0.0480. The molecular formula is C24H29ClFN5O3. The van der Waals surface area contributed by atoms with Crippen molar-refractivity contribution in [2.45, 2.75) is 44.4 Å². The highest BCUT2D eigenvalue weighted by Gasteiger charge is 2.32. The van der Waals surface area contributed by atoms with Crippen molar-refractivity contribution in [3.05, 3.63) is 52.3 Å². The summed E-state index contributed by atoms with van der Waals surface area (Å²) in [6.45, 7) is 3.80. The second kappa shape index (κ2) is 10.4. The zero-order chi connectivity index (χ0) is 23.5. The van der Waals surface area contributed by atoms with Gasteiger partial charge in [0.2, 0.25) is 0 Å². The molecular weight excluding hydrogens is 461 g/mol. The third kappa shape index (κ3) is 5.42. The van der Waals surface area contributed by atoms with Crippen molar-refractivity contribution in [3.63, 3.8) is 0 Å². The summed E-state index contributed by atoms with van der Waals surface area (Å²) in [4.78, 5) is 24.2. The van der Waals surface area contributed by atoms with Crippen molar-refractivity contribution in [1.82, 2.24) is 25.5 Å². The van der Waals surface area contributed by atoms with Gasteiger partial charge in [-0.05, 0) is 42.9 Å². The van der Waals surface area contributed by atoms with E-state index in [1.54, 1.807) is 11.0 Å². The molecule has 3 aliphatic rings. The van der Waals surface area contributed by atoms with Gasteiger partial charge in [0.05, 0.1) is 23.3 Å². The second-order valence-corrected chi connectivity index (χ2v) is 9.54. The number of hydrogen-bond acceptors (Lipinski definition) is 6. The fraction of sp³-hybridized carbons (Fsp3) is 0.542. The van der Waals surface area contributed by atoms with Crippen LogP contribution in [0.15, 0.2) is 24.4 Å². The van der Waals surface area contributed by atoms with Gasteiger partial charge in [-0.25, -0.2) is 19.2 Å². The fourth-order valence-electron chi connectivity index (χ4n) is 4.72. The van der Waals surface area contributed by atoms with Crippen LogP contribution in [0.4, 0.5) is 9.18 Å². The summed E-state index contributed by atoms with van der Waals surface area (Å²) in [6.07, 6.45) is 5.26. The van der Waals surface area contributed by atoms with E-state index in [1.807, 2.05) is 6.20 Å². The molecule has 0 aliphatic carbocycles. The molecule has 2 fully saturated rings. The second-order valence-electron chi connectivity index (χ2n) is 9.14. The number of urea groups is 1. The molecule has 4 heterocycles. The highest BCUT2D eigenvalue weighted by molar-refractivity contribution is 6.30. The van der Waals surface area contributed by atoms with Crippen LogP contribution in [0.25, 0.3) is 0 Å². The molecule has 182 valence electrons. The monoisotopic (exact) mass is 489 g/mol. The van der Waals surface area contributed by atoms with Gasteiger partial charge in [-0.15, -0.1) is 0 Å². The molecule has 2 amide bonds. The predicted molar refractivity (Wildman–Crippen MR) is 124 cm³/mol. The van der Waals surface area contributed by atoms with Crippen molar-refractivity contribution in [2.24, 2.45) is 5.92 Å². The Morgan fingerprint density at radius 2 is 2.18 bits per heavy atom. The van der Waals surface area contributed by atoms with Crippen LogP contribution in [0.2, 0.25) is 5.02 Å². The van der Waals surface area contributed by atoms with Gasteiger partial charge in [-0.2, -0.15) is 0 Å². The summed E-state index contributed by atoms with van der Waals surface area (Å²) in [5, 5.41) is 6.36. The molecule has 0 unspecified atom stereocenters. The van der Waals surface area contributed by atoms with Crippen LogP contribution in [-0.2, 0) is 24.1 Å². The Morgan fingerprint density at radius 3 is 3.00 bits per heavy atom. The summed E-state index contributed by atoms with van der Waals surface area (Å²) >= 11 is 5.76. The number of halogens is 2. The Hall–Kier alpha value is -2.49. The Morgan fingerprint density at radius 1 is 1.32 bits per heavy atom. The number of nitrogens with zero attached hydrogens (tertiary/aromatic N) is 3. The molecule has 2 N–H and O–H groups in total. The molecule has 0 saturated carbocycles. The topological polar surface area (TPSA) is 88.6 Å². The number of rotatable bonds is 5. The van der Waals surface area contributed by atoms with Crippen molar-refractivity contribution >= 4 is 17.6 Å². The van der Waals surface area contributed by atoms with Crippen LogP contribution < -0.4 is 15.4 Å². The third-order valence-corrected chi connectivity index (χ3v) is 7.05. The van der Waals surface area contributed by atoms with Crippen molar-refractivity contribution in [2.75, 3.05) is 32.8 Å². The molecule has 10 heteroatoms. The molecule has 2 saturated heterocycles. The number of aromatic nitrogens is 2. The first-order valence-corrected chi connectivity index (χ1v) is 12.2.